The number of aryl methyl sites for hydroxylation is 3. The summed E-state index contributed by atoms with van der Waals surface area (Å²) in [5, 5.41) is 0. The number of rotatable bonds is 11. The number of hydrogen-bond donors (Lipinski definition) is 0. The summed E-state index contributed by atoms with van der Waals surface area (Å²) in [4.78, 5) is 42.1. The van der Waals surface area contributed by atoms with Crippen LogP contribution >= 0.6 is 11.8 Å². The van der Waals surface area contributed by atoms with Gasteiger partial charge in [0.1, 0.15) is 11.9 Å². The van der Waals surface area contributed by atoms with Crippen molar-refractivity contribution < 1.29 is 28.6 Å². The van der Waals surface area contributed by atoms with Gasteiger partial charge >= 0.3 is 12.1 Å². The predicted molar refractivity (Wildman–Crippen MR) is 165 cm³/mol. The van der Waals surface area contributed by atoms with Crippen molar-refractivity contribution in [2.45, 2.75) is 89.7 Å². The highest BCUT2D eigenvalue weighted by Gasteiger charge is 2.41. The average Bonchev–Trinajstić information content (AvgIpc) is 3.64. The Hall–Kier alpha value is -3.00. The number of thioether (sulfide) groups is 1. The highest BCUT2D eigenvalue weighted by molar-refractivity contribution is 7.98. The minimum atomic E-state index is -1.10. The Bertz CT molecular complexity index is 1240. The second-order valence-corrected chi connectivity index (χ2v) is 13.0. The van der Waals surface area contributed by atoms with Crippen molar-refractivity contribution in [3.05, 3.63) is 58.7 Å². The minimum Gasteiger partial charge on any atom is -0.476 e. The van der Waals surface area contributed by atoms with E-state index in [9.17, 15) is 14.4 Å². The van der Waals surface area contributed by atoms with Gasteiger partial charge < -0.3 is 19.1 Å². The number of hydrogen-bond acceptors (Lipinski definition) is 7. The van der Waals surface area contributed by atoms with Crippen molar-refractivity contribution in [2.75, 3.05) is 26.0 Å². The van der Waals surface area contributed by atoms with Gasteiger partial charge in [0, 0.05) is 29.5 Å². The molecule has 0 aromatic heterocycles. The van der Waals surface area contributed by atoms with E-state index >= 15 is 0 Å². The number of Topliss-reactive ketones (excluding diaryl/α,β-unsaturated/α-hetero) is 1. The molecular formula is C34H45NO6S. The number of ether oxygens (including phenoxy) is 3. The SMILES string of the molecule is CCOC(=O)C(C)(C)Oc1c(C)cc(CCC2CN(C(=O)OC3CCCC3)CC2C(=O)c2ccc(SC)cc2)cc1C. The Kier molecular flexibility index (Phi) is 10.6. The molecule has 0 radical (unpaired) electrons. The average molecular weight is 596 g/mol. The molecule has 1 saturated heterocycles. The first-order valence-corrected chi connectivity index (χ1v) is 16.3. The first-order valence-electron chi connectivity index (χ1n) is 15.1. The van der Waals surface area contributed by atoms with Crippen LogP contribution in [0.4, 0.5) is 4.79 Å². The van der Waals surface area contributed by atoms with Gasteiger partial charge in [-0.2, -0.15) is 0 Å². The molecule has 1 saturated carbocycles. The third-order valence-electron chi connectivity index (χ3n) is 8.43. The summed E-state index contributed by atoms with van der Waals surface area (Å²) in [5.41, 5.74) is 2.60. The molecule has 2 aromatic carbocycles. The molecule has 2 aromatic rings. The van der Waals surface area contributed by atoms with E-state index in [0.717, 1.165) is 60.1 Å². The van der Waals surface area contributed by atoms with E-state index in [1.165, 1.54) is 0 Å². The van der Waals surface area contributed by atoms with Gasteiger partial charge in [0.05, 0.1) is 6.61 Å². The summed E-state index contributed by atoms with van der Waals surface area (Å²) in [7, 11) is 0. The number of carbonyl (C=O) groups excluding carboxylic acids is 3. The van der Waals surface area contributed by atoms with Gasteiger partial charge in [-0.05, 0) is 114 Å². The van der Waals surface area contributed by atoms with E-state index in [-0.39, 0.29) is 29.8 Å². The second kappa shape index (κ2) is 14.0. The third kappa shape index (κ3) is 7.68. The molecule has 2 unspecified atom stereocenters. The number of nitrogens with zero attached hydrogens (tertiary/aromatic N) is 1. The number of esters is 1. The highest BCUT2D eigenvalue weighted by atomic mass is 32.2. The van der Waals surface area contributed by atoms with Crippen molar-refractivity contribution in [1.29, 1.82) is 0 Å². The fourth-order valence-corrected chi connectivity index (χ4v) is 6.51. The topological polar surface area (TPSA) is 82.1 Å². The maximum absolute atomic E-state index is 13.7. The van der Waals surface area contributed by atoms with Crippen LogP contribution in [0, 0.1) is 25.7 Å². The summed E-state index contributed by atoms with van der Waals surface area (Å²) in [6.07, 6.45) is 7.26. The lowest BCUT2D eigenvalue weighted by Gasteiger charge is -2.26. The van der Waals surface area contributed by atoms with Gasteiger partial charge in [-0.1, -0.05) is 24.3 Å². The molecule has 1 amide bonds. The molecule has 2 atom stereocenters. The van der Waals surface area contributed by atoms with E-state index < -0.39 is 11.6 Å². The van der Waals surface area contributed by atoms with Crippen LogP contribution in [0.25, 0.3) is 0 Å². The lowest BCUT2D eigenvalue weighted by molar-refractivity contribution is -0.158. The smallest absolute Gasteiger partial charge is 0.410 e. The fourth-order valence-electron chi connectivity index (χ4n) is 6.10. The zero-order valence-electron chi connectivity index (χ0n) is 25.9. The molecule has 0 bridgehead atoms. The molecule has 1 aliphatic carbocycles. The maximum Gasteiger partial charge on any atom is 0.410 e. The molecule has 0 spiro atoms. The summed E-state index contributed by atoms with van der Waals surface area (Å²) in [5.74, 6) is 0.106. The maximum atomic E-state index is 13.7. The van der Waals surface area contributed by atoms with E-state index in [1.54, 1.807) is 37.4 Å². The van der Waals surface area contributed by atoms with Crippen LogP contribution in [-0.2, 0) is 20.7 Å². The largest absolute Gasteiger partial charge is 0.476 e. The van der Waals surface area contributed by atoms with Gasteiger partial charge in [-0.15, -0.1) is 11.8 Å². The van der Waals surface area contributed by atoms with Crippen LogP contribution in [0.3, 0.4) is 0 Å². The van der Waals surface area contributed by atoms with Gasteiger partial charge in [-0.3, -0.25) is 4.79 Å². The zero-order valence-corrected chi connectivity index (χ0v) is 26.7. The van der Waals surface area contributed by atoms with Gasteiger partial charge in [-0.25, -0.2) is 9.59 Å². The summed E-state index contributed by atoms with van der Waals surface area (Å²) in [6.45, 7) is 10.4. The predicted octanol–water partition coefficient (Wildman–Crippen LogP) is 7.19. The van der Waals surface area contributed by atoms with Crippen molar-refractivity contribution >= 4 is 29.6 Å². The number of benzene rings is 2. The Balaban J connectivity index is 1.48. The van der Waals surface area contributed by atoms with E-state index in [2.05, 4.69) is 12.1 Å². The van der Waals surface area contributed by atoms with Crippen molar-refractivity contribution in [2.24, 2.45) is 11.8 Å². The normalized spacial score (nSPS) is 19.1. The molecular weight excluding hydrogens is 550 g/mol. The minimum absolute atomic E-state index is 0.00900. The lowest BCUT2D eigenvalue weighted by atomic mass is 9.84. The summed E-state index contributed by atoms with van der Waals surface area (Å²) in [6, 6.07) is 11.9. The summed E-state index contributed by atoms with van der Waals surface area (Å²) < 4.78 is 17.1. The van der Waals surface area contributed by atoms with Crippen LogP contribution in [0.15, 0.2) is 41.3 Å². The number of amides is 1. The molecule has 1 heterocycles. The molecule has 2 aliphatic rings. The molecule has 228 valence electrons. The number of likely N-dealkylation sites (tertiary alicyclic amines) is 1. The first kappa shape index (κ1) is 31.9. The van der Waals surface area contributed by atoms with Crippen LogP contribution in [-0.4, -0.2) is 60.4 Å². The summed E-state index contributed by atoms with van der Waals surface area (Å²) >= 11 is 1.64. The molecule has 1 aliphatic heterocycles. The van der Waals surface area contributed by atoms with Crippen LogP contribution in [0.1, 0.15) is 79.9 Å². The third-order valence-corrected chi connectivity index (χ3v) is 9.17. The van der Waals surface area contributed by atoms with Crippen LogP contribution < -0.4 is 4.74 Å². The number of carbonyl (C=O) groups is 3. The Morgan fingerprint density at radius 1 is 1.00 bits per heavy atom. The molecule has 2 fully saturated rings. The molecule has 8 heteroatoms. The molecule has 0 N–H and O–H groups in total. The van der Waals surface area contributed by atoms with E-state index in [0.29, 0.717) is 31.0 Å². The second-order valence-electron chi connectivity index (χ2n) is 12.1. The van der Waals surface area contributed by atoms with Gasteiger partial charge in [0.15, 0.2) is 11.4 Å². The fraction of sp³-hybridized carbons (Fsp3) is 0.559. The van der Waals surface area contributed by atoms with Crippen molar-refractivity contribution in [1.82, 2.24) is 4.90 Å². The lowest BCUT2D eigenvalue weighted by Crippen LogP contribution is -2.40. The van der Waals surface area contributed by atoms with Crippen molar-refractivity contribution in [3.63, 3.8) is 0 Å². The Morgan fingerprint density at radius 2 is 1.64 bits per heavy atom. The van der Waals surface area contributed by atoms with E-state index in [1.807, 2.05) is 44.4 Å². The Morgan fingerprint density at radius 3 is 2.24 bits per heavy atom. The molecule has 4 rings (SSSR count). The van der Waals surface area contributed by atoms with Crippen LogP contribution in [0.5, 0.6) is 5.75 Å². The van der Waals surface area contributed by atoms with Crippen LogP contribution in [0.2, 0.25) is 0 Å². The standard InChI is InChI=1S/C34H45NO6S/c1-7-39-32(37)34(4,5)41-31-22(2)18-24(19-23(31)3)12-13-26-20-35(33(38)40-27-10-8-9-11-27)21-29(26)30(36)25-14-16-28(42-6)17-15-25/h14-19,26-27,29H,7-13,20-21H2,1-6H3. The highest BCUT2D eigenvalue weighted by Crippen LogP contribution is 2.34. The Labute approximate surface area is 254 Å². The van der Waals surface area contributed by atoms with E-state index in [4.69, 9.17) is 14.2 Å². The van der Waals surface area contributed by atoms with Crippen molar-refractivity contribution in [3.8, 4) is 5.75 Å². The van der Waals surface area contributed by atoms with Gasteiger partial charge in [0.25, 0.3) is 0 Å². The molecule has 7 nitrogen and oxygen atoms in total. The van der Waals surface area contributed by atoms with Gasteiger partial charge in [0.2, 0.25) is 0 Å². The number of ketones is 1. The monoisotopic (exact) mass is 595 g/mol. The molecule has 42 heavy (non-hydrogen) atoms. The zero-order chi connectivity index (χ0) is 30.4. The quantitative estimate of drug-likeness (QED) is 0.154. The first-order chi connectivity index (χ1) is 20.0.